The van der Waals surface area contributed by atoms with Crippen molar-refractivity contribution in [1.82, 2.24) is 5.32 Å². The van der Waals surface area contributed by atoms with Gasteiger partial charge in [0.1, 0.15) is 5.75 Å². The number of carbonyl (C=O) groups is 2. The molecule has 0 bridgehead atoms. The summed E-state index contributed by atoms with van der Waals surface area (Å²) in [6, 6.07) is 14.8. The van der Waals surface area contributed by atoms with Gasteiger partial charge in [-0.15, -0.1) is 0 Å². The van der Waals surface area contributed by atoms with E-state index in [1.807, 2.05) is 31.2 Å². The first-order chi connectivity index (χ1) is 11.0. The largest absolute Gasteiger partial charge is 0.466 e. The van der Waals surface area contributed by atoms with Crippen LogP contribution in [0.2, 0.25) is 0 Å². The Morgan fingerprint density at radius 1 is 1.17 bits per heavy atom. The van der Waals surface area contributed by atoms with E-state index in [-0.39, 0.29) is 0 Å². The summed E-state index contributed by atoms with van der Waals surface area (Å²) in [5.41, 5.74) is 1.07. The maximum atomic E-state index is 12.5. The van der Waals surface area contributed by atoms with Crippen molar-refractivity contribution in [3.05, 3.63) is 59.7 Å². The van der Waals surface area contributed by atoms with Gasteiger partial charge >= 0.3 is 0 Å². The number of carbonyl (C=O) groups excluding carboxylic acids is 2. The third-order valence-electron chi connectivity index (χ3n) is 4.02. The molecule has 5 heteroatoms. The first kappa shape index (κ1) is 15.1. The van der Waals surface area contributed by atoms with Gasteiger partial charge in [0.05, 0.1) is 5.69 Å². The van der Waals surface area contributed by atoms with Crippen molar-refractivity contribution in [1.29, 1.82) is 0 Å². The van der Waals surface area contributed by atoms with Crippen LogP contribution < -0.4 is 15.4 Å². The molecule has 0 aliphatic carbocycles. The van der Waals surface area contributed by atoms with E-state index >= 15 is 0 Å². The minimum Gasteiger partial charge on any atom is -0.466 e. The SMILES string of the molecule is Cc1ccccc1CNC(=O)C1(C)Oc2ccccc2NC1=O. The monoisotopic (exact) mass is 310 g/mol. The van der Waals surface area contributed by atoms with Crippen molar-refractivity contribution >= 4 is 17.5 Å². The van der Waals surface area contributed by atoms with E-state index in [0.717, 1.165) is 11.1 Å². The highest BCUT2D eigenvalue weighted by atomic mass is 16.5. The molecule has 0 fully saturated rings. The molecular formula is C18H18N2O3. The third kappa shape index (κ3) is 2.77. The standard InChI is InChI=1S/C18H18N2O3/c1-12-7-3-4-8-13(12)11-19-16(21)18(2)17(22)20-14-9-5-6-10-15(14)23-18/h3-10H,11H2,1-2H3,(H,19,21)(H,20,22). The second-order valence-corrected chi connectivity index (χ2v) is 5.69. The number of nitrogens with one attached hydrogen (secondary N) is 2. The number of hydrogen-bond acceptors (Lipinski definition) is 3. The molecular weight excluding hydrogens is 292 g/mol. The normalized spacial score (nSPS) is 19.3. The lowest BCUT2D eigenvalue weighted by atomic mass is 10.0. The first-order valence-corrected chi connectivity index (χ1v) is 7.43. The quantitative estimate of drug-likeness (QED) is 0.856. The van der Waals surface area contributed by atoms with Crippen molar-refractivity contribution in [3.8, 4) is 5.75 Å². The van der Waals surface area contributed by atoms with Crippen LogP contribution in [-0.4, -0.2) is 17.4 Å². The number of ether oxygens (including phenoxy) is 1. The Balaban J connectivity index is 1.76. The first-order valence-electron chi connectivity index (χ1n) is 7.43. The van der Waals surface area contributed by atoms with Gasteiger partial charge in [0, 0.05) is 6.54 Å². The van der Waals surface area contributed by atoms with Gasteiger partial charge in [-0.1, -0.05) is 36.4 Å². The van der Waals surface area contributed by atoms with Crippen LogP contribution in [-0.2, 0) is 16.1 Å². The predicted molar refractivity (Wildman–Crippen MR) is 87.1 cm³/mol. The van der Waals surface area contributed by atoms with E-state index < -0.39 is 17.4 Å². The summed E-state index contributed by atoms with van der Waals surface area (Å²) in [5, 5.41) is 5.50. The zero-order chi connectivity index (χ0) is 16.4. The Labute approximate surface area is 134 Å². The molecule has 1 atom stereocenters. The van der Waals surface area contributed by atoms with E-state index in [1.54, 1.807) is 24.3 Å². The summed E-state index contributed by atoms with van der Waals surface area (Å²) in [7, 11) is 0. The minimum absolute atomic E-state index is 0.347. The summed E-state index contributed by atoms with van der Waals surface area (Å²) < 4.78 is 5.69. The molecule has 0 radical (unpaired) electrons. The van der Waals surface area contributed by atoms with Crippen molar-refractivity contribution < 1.29 is 14.3 Å². The number of rotatable bonds is 3. The number of benzene rings is 2. The highest BCUT2D eigenvalue weighted by Gasteiger charge is 2.47. The fourth-order valence-electron chi connectivity index (χ4n) is 2.47. The number of anilines is 1. The van der Waals surface area contributed by atoms with Gasteiger partial charge in [0.2, 0.25) is 0 Å². The average molecular weight is 310 g/mol. The van der Waals surface area contributed by atoms with E-state index in [2.05, 4.69) is 10.6 Å². The summed E-state index contributed by atoms with van der Waals surface area (Å²) >= 11 is 0. The van der Waals surface area contributed by atoms with Crippen molar-refractivity contribution in [3.63, 3.8) is 0 Å². The molecule has 1 unspecified atom stereocenters. The second-order valence-electron chi connectivity index (χ2n) is 5.69. The number of amides is 2. The van der Waals surface area contributed by atoms with E-state index in [9.17, 15) is 9.59 Å². The van der Waals surface area contributed by atoms with Crippen LogP contribution in [0.1, 0.15) is 18.1 Å². The van der Waals surface area contributed by atoms with Crippen molar-refractivity contribution in [2.45, 2.75) is 26.0 Å². The van der Waals surface area contributed by atoms with Gasteiger partial charge < -0.3 is 15.4 Å². The molecule has 0 saturated carbocycles. The summed E-state index contributed by atoms with van der Waals surface area (Å²) in [6.07, 6.45) is 0. The van der Waals surface area contributed by atoms with E-state index in [0.29, 0.717) is 18.0 Å². The molecule has 2 aromatic carbocycles. The molecule has 1 aliphatic heterocycles. The van der Waals surface area contributed by atoms with Crippen LogP contribution in [0.3, 0.4) is 0 Å². The molecule has 1 heterocycles. The Kier molecular flexibility index (Phi) is 3.78. The van der Waals surface area contributed by atoms with Crippen molar-refractivity contribution in [2.75, 3.05) is 5.32 Å². The second kappa shape index (κ2) is 5.76. The van der Waals surface area contributed by atoms with Gasteiger partial charge in [-0.3, -0.25) is 9.59 Å². The average Bonchev–Trinajstić information content (AvgIpc) is 2.55. The lowest BCUT2D eigenvalue weighted by Crippen LogP contribution is -2.58. The fraction of sp³-hybridized carbons (Fsp3) is 0.222. The van der Waals surface area contributed by atoms with E-state index in [4.69, 9.17) is 4.74 Å². The number of para-hydroxylation sites is 2. The maximum absolute atomic E-state index is 12.5. The predicted octanol–water partition coefficient (Wildman–Crippen LogP) is 2.40. The molecule has 0 spiro atoms. The number of fused-ring (bicyclic) bond motifs is 1. The Hall–Kier alpha value is -2.82. The molecule has 0 aromatic heterocycles. The van der Waals surface area contributed by atoms with Gasteiger partial charge in [-0.2, -0.15) is 0 Å². The van der Waals surface area contributed by atoms with Gasteiger partial charge in [0.25, 0.3) is 17.4 Å². The molecule has 3 rings (SSSR count). The van der Waals surface area contributed by atoms with Crippen LogP contribution in [0.5, 0.6) is 5.75 Å². The van der Waals surface area contributed by atoms with E-state index in [1.165, 1.54) is 6.92 Å². The highest BCUT2D eigenvalue weighted by molar-refractivity contribution is 6.15. The number of hydrogen-bond donors (Lipinski definition) is 2. The summed E-state index contributed by atoms with van der Waals surface area (Å²) in [4.78, 5) is 24.8. The third-order valence-corrected chi connectivity index (χ3v) is 4.02. The topological polar surface area (TPSA) is 67.4 Å². The molecule has 2 amide bonds. The minimum atomic E-state index is -1.59. The van der Waals surface area contributed by atoms with Crippen LogP contribution >= 0.6 is 0 Å². The molecule has 118 valence electrons. The maximum Gasteiger partial charge on any atom is 0.278 e. The van der Waals surface area contributed by atoms with Gasteiger partial charge in [0.15, 0.2) is 0 Å². The van der Waals surface area contributed by atoms with Gasteiger partial charge in [-0.25, -0.2) is 0 Å². The molecule has 23 heavy (non-hydrogen) atoms. The van der Waals surface area contributed by atoms with Crippen LogP contribution in [0.25, 0.3) is 0 Å². The zero-order valence-corrected chi connectivity index (χ0v) is 13.1. The van der Waals surface area contributed by atoms with Crippen LogP contribution in [0.15, 0.2) is 48.5 Å². The fourth-order valence-corrected chi connectivity index (χ4v) is 2.47. The van der Waals surface area contributed by atoms with Crippen LogP contribution in [0, 0.1) is 6.92 Å². The summed E-state index contributed by atoms with van der Waals surface area (Å²) in [5.74, 6) is -0.452. The smallest absolute Gasteiger partial charge is 0.278 e. The molecule has 1 aliphatic rings. The summed E-state index contributed by atoms with van der Waals surface area (Å²) in [6.45, 7) is 3.80. The molecule has 2 N–H and O–H groups in total. The van der Waals surface area contributed by atoms with Gasteiger partial charge in [-0.05, 0) is 37.1 Å². The lowest BCUT2D eigenvalue weighted by Gasteiger charge is -2.33. The molecule has 2 aromatic rings. The molecule has 0 saturated heterocycles. The Morgan fingerprint density at radius 2 is 1.87 bits per heavy atom. The zero-order valence-electron chi connectivity index (χ0n) is 13.1. The Morgan fingerprint density at radius 3 is 2.65 bits per heavy atom. The highest BCUT2D eigenvalue weighted by Crippen LogP contribution is 2.33. The Bertz CT molecular complexity index is 772. The van der Waals surface area contributed by atoms with Crippen LogP contribution in [0.4, 0.5) is 5.69 Å². The van der Waals surface area contributed by atoms with Crippen molar-refractivity contribution in [2.24, 2.45) is 0 Å². The molecule has 5 nitrogen and oxygen atoms in total. The lowest BCUT2D eigenvalue weighted by molar-refractivity contribution is -0.146. The number of aryl methyl sites for hydroxylation is 1.